The van der Waals surface area contributed by atoms with Crippen LogP contribution in [-0.4, -0.2) is 33.7 Å². The molecule has 0 unspecified atom stereocenters. The van der Waals surface area contributed by atoms with Gasteiger partial charge in [0.15, 0.2) is 11.5 Å². The first-order valence-electron chi connectivity index (χ1n) is 7.33. The predicted octanol–water partition coefficient (Wildman–Crippen LogP) is 2.88. The van der Waals surface area contributed by atoms with Gasteiger partial charge in [0.2, 0.25) is 0 Å². The van der Waals surface area contributed by atoms with Crippen LogP contribution >= 0.6 is 0 Å². The van der Waals surface area contributed by atoms with Crippen molar-refractivity contribution in [2.45, 2.75) is 4.90 Å². The molecule has 7 nitrogen and oxygen atoms in total. The Labute approximate surface area is 153 Å². The highest BCUT2D eigenvalue weighted by Crippen LogP contribution is 2.37. The lowest BCUT2D eigenvalue weighted by molar-refractivity contribution is -0.131. The molecule has 0 fully saturated rings. The third-order valence-corrected chi connectivity index (χ3v) is 4.73. The number of methoxy groups -OCH3 is 2. The Morgan fingerprint density at radius 1 is 1.15 bits per heavy atom. The van der Waals surface area contributed by atoms with Gasteiger partial charge < -0.3 is 14.6 Å². The minimum absolute atomic E-state index is 0.0144. The van der Waals surface area contributed by atoms with E-state index in [4.69, 9.17) is 14.6 Å². The second-order valence-corrected chi connectivity index (χ2v) is 6.78. The molecule has 0 aliphatic heterocycles. The number of hydrogen-bond donors (Lipinski definition) is 2. The van der Waals surface area contributed by atoms with E-state index in [0.29, 0.717) is 0 Å². The average molecular weight is 399 g/mol. The second kappa shape index (κ2) is 8.04. The minimum atomic E-state index is -4.51. The first-order chi connectivity index (χ1) is 12.7. The van der Waals surface area contributed by atoms with Gasteiger partial charge in [-0.2, -0.15) is 0 Å². The number of para-hydroxylation sites is 1. The number of nitrogens with one attached hydrogen (secondary N) is 1. The smallest absolute Gasteiger partial charge is 0.328 e. The van der Waals surface area contributed by atoms with Crippen LogP contribution in [0.1, 0.15) is 5.56 Å². The van der Waals surface area contributed by atoms with Crippen molar-refractivity contribution in [3.63, 3.8) is 0 Å². The average Bonchev–Trinajstić information content (AvgIpc) is 2.62. The van der Waals surface area contributed by atoms with Gasteiger partial charge in [0.05, 0.1) is 14.2 Å². The van der Waals surface area contributed by atoms with E-state index in [9.17, 15) is 22.0 Å². The van der Waals surface area contributed by atoms with Crippen LogP contribution in [-0.2, 0) is 14.8 Å². The summed E-state index contributed by atoms with van der Waals surface area (Å²) in [6.07, 6.45) is 1.93. The first kappa shape index (κ1) is 20.2. The molecule has 2 rings (SSSR count). The molecule has 2 N–H and O–H groups in total. The van der Waals surface area contributed by atoms with Crippen LogP contribution in [0.4, 0.5) is 14.5 Å². The van der Waals surface area contributed by atoms with Gasteiger partial charge in [-0.25, -0.2) is 22.0 Å². The SMILES string of the molecule is COc1cc(/C=C/C(=O)O)cc(S(=O)(=O)Nc2c(F)cccc2F)c1OC. The van der Waals surface area contributed by atoms with Crippen molar-refractivity contribution in [2.24, 2.45) is 0 Å². The highest BCUT2D eigenvalue weighted by Gasteiger charge is 2.26. The molecule has 0 atom stereocenters. The third-order valence-electron chi connectivity index (χ3n) is 3.37. The van der Waals surface area contributed by atoms with E-state index in [1.165, 1.54) is 20.3 Å². The Morgan fingerprint density at radius 3 is 2.30 bits per heavy atom. The van der Waals surface area contributed by atoms with E-state index < -0.39 is 38.2 Å². The fourth-order valence-corrected chi connectivity index (χ4v) is 3.49. The molecule has 0 radical (unpaired) electrons. The van der Waals surface area contributed by atoms with E-state index >= 15 is 0 Å². The summed E-state index contributed by atoms with van der Waals surface area (Å²) in [5.41, 5.74) is -0.700. The molecule has 144 valence electrons. The van der Waals surface area contributed by atoms with Crippen LogP contribution in [0.3, 0.4) is 0 Å². The molecular formula is C17H15F2NO6S. The highest BCUT2D eigenvalue weighted by molar-refractivity contribution is 7.92. The van der Waals surface area contributed by atoms with Crippen molar-refractivity contribution in [1.29, 1.82) is 0 Å². The summed E-state index contributed by atoms with van der Waals surface area (Å²) >= 11 is 0. The van der Waals surface area contributed by atoms with Gasteiger partial charge >= 0.3 is 5.97 Å². The Bertz CT molecular complexity index is 984. The molecule has 2 aromatic carbocycles. The van der Waals surface area contributed by atoms with Crippen LogP contribution < -0.4 is 14.2 Å². The molecule has 0 aromatic heterocycles. The molecule has 0 saturated carbocycles. The number of carbonyl (C=O) groups is 1. The minimum Gasteiger partial charge on any atom is -0.493 e. The molecule has 0 amide bonds. The summed E-state index contributed by atoms with van der Waals surface area (Å²) in [6, 6.07) is 5.31. The van der Waals surface area contributed by atoms with Crippen molar-refractivity contribution >= 4 is 27.8 Å². The van der Waals surface area contributed by atoms with Gasteiger partial charge in [0.1, 0.15) is 22.2 Å². The van der Waals surface area contributed by atoms with Crippen LogP contribution in [0.25, 0.3) is 6.08 Å². The Kier molecular flexibility index (Phi) is 6.01. The molecular weight excluding hydrogens is 384 g/mol. The van der Waals surface area contributed by atoms with Crippen molar-refractivity contribution in [2.75, 3.05) is 18.9 Å². The number of benzene rings is 2. The summed E-state index contributed by atoms with van der Waals surface area (Å²) in [5, 5.41) is 8.73. The molecule has 27 heavy (non-hydrogen) atoms. The van der Waals surface area contributed by atoms with E-state index in [1.54, 1.807) is 0 Å². The zero-order valence-electron chi connectivity index (χ0n) is 14.2. The molecule has 0 bridgehead atoms. The summed E-state index contributed by atoms with van der Waals surface area (Å²) in [4.78, 5) is 10.2. The van der Waals surface area contributed by atoms with Crippen LogP contribution in [0, 0.1) is 11.6 Å². The van der Waals surface area contributed by atoms with E-state index in [2.05, 4.69) is 0 Å². The fraction of sp³-hybridized carbons (Fsp3) is 0.118. The molecule has 0 aliphatic rings. The third kappa shape index (κ3) is 4.53. The Morgan fingerprint density at radius 2 is 1.78 bits per heavy atom. The van der Waals surface area contributed by atoms with Gasteiger partial charge in [-0.3, -0.25) is 4.72 Å². The maximum absolute atomic E-state index is 13.8. The molecule has 0 saturated heterocycles. The van der Waals surface area contributed by atoms with Crippen molar-refractivity contribution in [3.8, 4) is 11.5 Å². The van der Waals surface area contributed by atoms with E-state index in [1.807, 2.05) is 4.72 Å². The maximum atomic E-state index is 13.8. The quantitative estimate of drug-likeness (QED) is 0.694. The lowest BCUT2D eigenvalue weighted by Crippen LogP contribution is -2.16. The van der Waals surface area contributed by atoms with Gasteiger partial charge in [0.25, 0.3) is 10.0 Å². The highest BCUT2D eigenvalue weighted by atomic mass is 32.2. The largest absolute Gasteiger partial charge is 0.493 e. The van der Waals surface area contributed by atoms with E-state index in [-0.39, 0.29) is 17.1 Å². The van der Waals surface area contributed by atoms with Gasteiger partial charge in [0, 0.05) is 6.08 Å². The first-order valence-corrected chi connectivity index (χ1v) is 8.81. The zero-order chi connectivity index (χ0) is 20.2. The predicted molar refractivity (Wildman–Crippen MR) is 93.4 cm³/mol. The number of halogens is 2. The van der Waals surface area contributed by atoms with E-state index in [0.717, 1.165) is 36.4 Å². The van der Waals surface area contributed by atoms with Crippen molar-refractivity contribution in [3.05, 3.63) is 53.6 Å². The van der Waals surface area contributed by atoms with Gasteiger partial charge in [-0.05, 0) is 35.9 Å². The van der Waals surface area contributed by atoms with Crippen molar-refractivity contribution < 1.29 is 36.6 Å². The molecule has 10 heteroatoms. The second-order valence-electron chi connectivity index (χ2n) is 5.13. The van der Waals surface area contributed by atoms with Crippen LogP contribution in [0.15, 0.2) is 41.3 Å². The normalized spacial score (nSPS) is 11.4. The number of aliphatic carboxylic acids is 1. The number of hydrogen-bond acceptors (Lipinski definition) is 5. The number of carboxylic acid groups (broad SMARTS) is 1. The fourth-order valence-electron chi connectivity index (χ4n) is 2.20. The topological polar surface area (TPSA) is 102 Å². The lowest BCUT2D eigenvalue weighted by atomic mass is 10.2. The molecule has 0 aliphatic carbocycles. The number of rotatable bonds is 7. The van der Waals surface area contributed by atoms with Gasteiger partial charge in [-0.15, -0.1) is 0 Å². The molecule has 0 heterocycles. The number of sulfonamides is 1. The monoisotopic (exact) mass is 399 g/mol. The van der Waals surface area contributed by atoms with Crippen LogP contribution in [0.2, 0.25) is 0 Å². The zero-order valence-corrected chi connectivity index (χ0v) is 15.0. The lowest BCUT2D eigenvalue weighted by Gasteiger charge is -2.16. The maximum Gasteiger partial charge on any atom is 0.328 e. The number of ether oxygens (including phenoxy) is 2. The number of anilines is 1. The Hall–Kier alpha value is -3.14. The summed E-state index contributed by atoms with van der Waals surface area (Å²) in [6.45, 7) is 0. The summed E-state index contributed by atoms with van der Waals surface area (Å²) in [5.74, 6) is -3.69. The molecule has 0 spiro atoms. The number of carboxylic acids is 1. The summed E-state index contributed by atoms with van der Waals surface area (Å²) in [7, 11) is -2.07. The molecule has 2 aromatic rings. The van der Waals surface area contributed by atoms with Crippen LogP contribution in [0.5, 0.6) is 11.5 Å². The summed E-state index contributed by atoms with van der Waals surface area (Å²) < 4.78 is 65.0. The van der Waals surface area contributed by atoms with Crippen molar-refractivity contribution in [1.82, 2.24) is 0 Å². The standard InChI is InChI=1S/C17H15F2NO6S/c1-25-13-8-10(6-7-15(21)22)9-14(17(13)26-2)27(23,24)20-16-11(18)4-3-5-12(16)19/h3-9,20H,1-2H3,(H,21,22)/b7-6+. The van der Waals surface area contributed by atoms with Gasteiger partial charge in [-0.1, -0.05) is 6.07 Å². The Balaban J connectivity index is 2.63.